The number of hydrogen-bond donors (Lipinski definition) is 1. The third-order valence-corrected chi connectivity index (χ3v) is 3.07. The Hall–Kier alpha value is -1.87. The Balaban J connectivity index is 2.09. The van der Waals surface area contributed by atoms with Crippen molar-refractivity contribution in [3.63, 3.8) is 0 Å². The Morgan fingerprint density at radius 2 is 1.79 bits per heavy atom. The molecule has 0 bridgehead atoms. The molecular weight excluding hydrogens is 241 g/mol. The van der Waals surface area contributed by atoms with E-state index in [1.54, 1.807) is 12.1 Å². The lowest BCUT2D eigenvalue weighted by atomic mass is 10.0. The van der Waals surface area contributed by atoms with Crippen molar-refractivity contribution in [1.82, 2.24) is 0 Å². The number of nitrogens with two attached hydrogens (primary N) is 1. The molecule has 0 aliphatic rings. The molecule has 0 saturated heterocycles. The molecule has 0 aromatic heterocycles. The summed E-state index contributed by atoms with van der Waals surface area (Å²) >= 11 is 0. The van der Waals surface area contributed by atoms with Gasteiger partial charge in [-0.25, -0.2) is 4.39 Å². The Labute approximate surface area is 113 Å². The minimum atomic E-state index is -0.239. The molecule has 0 fully saturated rings. The zero-order valence-electron chi connectivity index (χ0n) is 11.0. The molecule has 2 rings (SSSR count). The molecule has 2 aromatic carbocycles. The molecule has 0 spiro atoms. The number of ether oxygens (including phenoxy) is 1. The van der Waals surface area contributed by atoms with Crippen molar-refractivity contribution in [2.75, 3.05) is 0 Å². The molecule has 2 nitrogen and oxygen atoms in total. The fourth-order valence-corrected chi connectivity index (χ4v) is 1.88. The molecule has 100 valence electrons. The maximum Gasteiger partial charge on any atom is 0.124 e. The number of para-hydroxylation sites is 1. The van der Waals surface area contributed by atoms with E-state index in [9.17, 15) is 4.39 Å². The molecule has 2 N–H and O–H groups in total. The monoisotopic (exact) mass is 259 g/mol. The van der Waals surface area contributed by atoms with Crippen molar-refractivity contribution in [3.8, 4) is 5.75 Å². The summed E-state index contributed by atoms with van der Waals surface area (Å²) in [5.74, 6) is 0.554. The molecule has 0 amide bonds. The molecule has 0 saturated carbocycles. The topological polar surface area (TPSA) is 35.2 Å². The Morgan fingerprint density at radius 3 is 2.47 bits per heavy atom. The summed E-state index contributed by atoms with van der Waals surface area (Å²) in [6.07, 6.45) is 0.858. The van der Waals surface area contributed by atoms with Crippen molar-refractivity contribution in [1.29, 1.82) is 0 Å². The van der Waals surface area contributed by atoms with Crippen molar-refractivity contribution in [3.05, 3.63) is 65.5 Å². The smallest absolute Gasteiger partial charge is 0.124 e. The van der Waals surface area contributed by atoms with E-state index in [4.69, 9.17) is 10.5 Å². The highest BCUT2D eigenvalue weighted by Gasteiger charge is 2.09. The SMILES string of the molecule is CC[C@@H](N)c1ccccc1OCc1ccc(F)cc1. The van der Waals surface area contributed by atoms with Crippen LogP contribution in [0.15, 0.2) is 48.5 Å². The normalized spacial score (nSPS) is 12.2. The summed E-state index contributed by atoms with van der Waals surface area (Å²) < 4.78 is 18.6. The lowest BCUT2D eigenvalue weighted by Crippen LogP contribution is -2.10. The van der Waals surface area contributed by atoms with E-state index < -0.39 is 0 Å². The molecule has 0 radical (unpaired) electrons. The van der Waals surface area contributed by atoms with Gasteiger partial charge in [-0.05, 0) is 30.2 Å². The summed E-state index contributed by atoms with van der Waals surface area (Å²) in [6, 6.07) is 14.0. The number of halogens is 1. The number of rotatable bonds is 5. The lowest BCUT2D eigenvalue weighted by Gasteiger charge is -2.15. The minimum Gasteiger partial charge on any atom is -0.489 e. The van der Waals surface area contributed by atoms with Gasteiger partial charge in [0.2, 0.25) is 0 Å². The first kappa shape index (κ1) is 13.6. The van der Waals surface area contributed by atoms with E-state index in [0.29, 0.717) is 6.61 Å². The fraction of sp³-hybridized carbons (Fsp3) is 0.250. The van der Waals surface area contributed by atoms with Crippen LogP contribution in [0.4, 0.5) is 4.39 Å². The third kappa shape index (κ3) is 3.55. The molecule has 2 aromatic rings. The maximum atomic E-state index is 12.8. The van der Waals surface area contributed by atoms with E-state index in [1.165, 1.54) is 12.1 Å². The van der Waals surface area contributed by atoms with Gasteiger partial charge in [-0.3, -0.25) is 0 Å². The molecule has 19 heavy (non-hydrogen) atoms. The first-order valence-electron chi connectivity index (χ1n) is 6.42. The zero-order chi connectivity index (χ0) is 13.7. The highest BCUT2D eigenvalue weighted by molar-refractivity contribution is 5.36. The zero-order valence-corrected chi connectivity index (χ0v) is 11.0. The predicted molar refractivity (Wildman–Crippen MR) is 74.4 cm³/mol. The average molecular weight is 259 g/mol. The van der Waals surface area contributed by atoms with Crippen LogP contribution in [0, 0.1) is 5.82 Å². The lowest BCUT2D eigenvalue weighted by molar-refractivity contribution is 0.300. The second-order valence-corrected chi connectivity index (χ2v) is 4.47. The number of benzene rings is 2. The average Bonchev–Trinajstić information content (AvgIpc) is 2.46. The first-order chi connectivity index (χ1) is 9.20. The van der Waals surface area contributed by atoms with Gasteiger partial charge >= 0.3 is 0 Å². The molecule has 3 heteroatoms. The van der Waals surface area contributed by atoms with Gasteiger partial charge in [0.1, 0.15) is 18.2 Å². The van der Waals surface area contributed by atoms with E-state index in [2.05, 4.69) is 0 Å². The van der Waals surface area contributed by atoms with Gasteiger partial charge in [-0.1, -0.05) is 37.3 Å². The second-order valence-electron chi connectivity index (χ2n) is 4.47. The van der Waals surface area contributed by atoms with Crippen molar-refractivity contribution >= 4 is 0 Å². The summed E-state index contributed by atoms with van der Waals surface area (Å²) in [4.78, 5) is 0. The van der Waals surface area contributed by atoms with Gasteiger partial charge in [0.15, 0.2) is 0 Å². The molecular formula is C16H18FNO. The van der Waals surface area contributed by atoms with Crippen LogP contribution in [0.1, 0.15) is 30.5 Å². The maximum absolute atomic E-state index is 12.8. The van der Waals surface area contributed by atoms with E-state index in [1.807, 2.05) is 31.2 Å². The van der Waals surface area contributed by atoms with Crippen LogP contribution in [0.5, 0.6) is 5.75 Å². The van der Waals surface area contributed by atoms with E-state index in [0.717, 1.165) is 23.3 Å². The van der Waals surface area contributed by atoms with Gasteiger partial charge in [0.25, 0.3) is 0 Å². The Kier molecular flexibility index (Phi) is 4.53. The van der Waals surface area contributed by atoms with Gasteiger partial charge in [0.05, 0.1) is 0 Å². The predicted octanol–water partition coefficient (Wildman–Crippen LogP) is 3.81. The third-order valence-electron chi connectivity index (χ3n) is 3.07. The largest absolute Gasteiger partial charge is 0.489 e. The van der Waals surface area contributed by atoms with Crippen molar-refractivity contribution < 1.29 is 9.13 Å². The summed E-state index contributed by atoms with van der Waals surface area (Å²) in [5, 5.41) is 0. The van der Waals surface area contributed by atoms with Crippen LogP contribution >= 0.6 is 0 Å². The van der Waals surface area contributed by atoms with Gasteiger partial charge in [0, 0.05) is 11.6 Å². The van der Waals surface area contributed by atoms with Gasteiger partial charge in [-0.15, -0.1) is 0 Å². The second kappa shape index (κ2) is 6.34. The summed E-state index contributed by atoms with van der Waals surface area (Å²) in [7, 11) is 0. The first-order valence-corrected chi connectivity index (χ1v) is 6.42. The van der Waals surface area contributed by atoms with E-state index in [-0.39, 0.29) is 11.9 Å². The molecule has 1 atom stereocenters. The van der Waals surface area contributed by atoms with Crippen LogP contribution in [-0.2, 0) is 6.61 Å². The van der Waals surface area contributed by atoms with Crippen LogP contribution < -0.4 is 10.5 Å². The van der Waals surface area contributed by atoms with E-state index >= 15 is 0 Å². The molecule has 0 unspecified atom stereocenters. The van der Waals surface area contributed by atoms with Gasteiger partial charge < -0.3 is 10.5 Å². The summed E-state index contributed by atoms with van der Waals surface area (Å²) in [5.41, 5.74) is 7.99. The van der Waals surface area contributed by atoms with Crippen molar-refractivity contribution in [2.45, 2.75) is 26.0 Å². The highest BCUT2D eigenvalue weighted by atomic mass is 19.1. The number of hydrogen-bond acceptors (Lipinski definition) is 2. The molecule has 0 heterocycles. The Morgan fingerprint density at radius 1 is 1.11 bits per heavy atom. The highest BCUT2D eigenvalue weighted by Crippen LogP contribution is 2.26. The van der Waals surface area contributed by atoms with Crippen LogP contribution in [0.3, 0.4) is 0 Å². The van der Waals surface area contributed by atoms with Crippen molar-refractivity contribution in [2.24, 2.45) is 5.73 Å². The minimum absolute atomic E-state index is 0.0237. The standard InChI is InChI=1S/C16H18FNO/c1-2-15(18)14-5-3-4-6-16(14)19-11-12-7-9-13(17)10-8-12/h3-10,15H,2,11,18H2,1H3/t15-/m1/s1. The molecule has 0 aliphatic carbocycles. The van der Waals surface area contributed by atoms with Crippen LogP contribution in [0.25, 0.3) is 0 Å². The fourth-order valence-electron chi connectivity index (χ4n) is 1.88. The van der Waals surface area contributed by atoms with Crippen LogP contribution in [-0.4, -0.2) is 0 Å². The summed E-state index contributed by atoms with van der Waals surface area (Å²) in [6.45, 7) is 2.45. The molecule has 0 aliphatic heterocycles. The quantitative estimate of drug-likeness (QED) is 0.886. The van der Waals surface area contributed by atoms with Gasteiger partial charge in [-0.2, -0.15) is 0 Å². The van der Waals surface area contributed by atoms with Crippen LogP contribution in [0.2, 0.25) is 0 Å². The Bertz CT molecular complexity index is 525.